The lowest BCUT2D eigenvalue weighted by atomic mass is 10.1. The van der Waals surface area contributed by atoms with E-state index in [2.05, 4.69) is 10.3 Å². The highest BCUT2D eigenvalue weighted by Crippen LogP contribution is 2.22. The minimum atomic E-state index is 0.0531. The summed E-state index contributed by atoms with van der Waals surface area (Å²) in [6.45, 7) is 4.98. The van der Waals surface area contributed by atoms with E-state index in [1.807, 2.05) is 23.9 Å². The first-order valence-electron chi connectivity index (χ1n) is 7.38. The zero-order valence-corrected chi connectivity index (χ0v) is 12.2. The third kappa shape index (κ3) is 3.21. The Labute approximate surface area is 123 Å². The number of aromatic nitrogens is 4. The maximum absolute atomic E-state index is 11.8. The lowest BCUT2D eigenvalue weighted by Gasteiger charge is -2.08. The van der Waals surface area contributed by atoms with Gasteiger partial charge in [0.15, 0.2) is 0 Å². The number of pyridine rings is 1. The quantitative estimate of drug-likeness (QED) is 0.833. The Hall–Kier alpha value is -1.95. The predicted octanol–water partition coefficient (Wildman–Crippen LogP) is 1.34. The molecule has 3 heterocycles. The molecule has 0 aliphatic carbocycles. The van der Waals surface area contributed by atoms with E-state index in [9.17, 15) is 4.79 Å². The van der Waals surface area contributed by atoms with Crippen LogP contribution in [0.15, 0.2) is 29.2 Å². The van der Waals surface area contributed by atoms with Gasteiger partial charge in [0.25, 0.3) is 5.56 Å². The fourth-order valence-electron chi connectivity index (χ4n) is 2.68. The van der Waals surface area contributed by atoms with Crippen molar-refractivity contribution in [2.45, 2.75) is 38.8 Å². The van der Waals surface area contributed by atoms with E-state index in [0.717, 1.165) is 44.0 Å². The number of hydrogen-bond acceptors (Lipinski definition) is 4. The molecular formula is C15H20N4O2. The average molecular weight is 288 g/mol. The van der Waals surface area contributed by atoms with Crippen molar-refractivity contribution >= 4 is 0 Å². The lowest BCUT2D eigenvalue weighted by Crippen LogP contribution is -2.21. The monoisotopic (exact) mass is 288 g/mol. The third-order valence-corrected chi connectivity index (χ3v) is 3.94. The van der Waals surface area contributed by atoms with Crippen LogP contribution in [0.4, 0.5) is 0 Å². The minimum absolute atomic E-state index is 0.0531. The first-order valence-corrected chi connectivity index (χ1v) is 7.38. The fourth-order valence-corrected chi connectivity index (χ4v) is 2.68. The van der Waals surface area contributed by atoms with Crippen LogP contribution in [-0.2, 0) is 17.8 Å². The highest BCUT2D eigenvalue weighted by atomic mass is 16.5. The lowest BCUT2D eigenvalue weighted by molar-refractivity contribution is 0.193. The molecule has 0 radical (unpaired) electrons. The molecule has 2 aromatic rings. The summed E-state index contributed by atoms with van der Waals surface area (Å²) in [6.07, 6.45) is 3.88. The molecule has 0 aromatic carbocycles. The summed E-state index contributed by atoms with van der Waals surface area (Å²) < 4.78 is 9.02. The molecule has 0 bridgehead atoms. The number of nitrogens with zero attached hydrogens (tertiary/aromatic N) is 4. The SMILES string of the molecule is Cc1cccc(=O)n1CCCn1cc([C@@H]2CCOC2)nn1. The number of ether oxygens (including phenoxy) is 1. The second-order valence-corrected chi connectivity index (χ2v) is 5.48. The summed E-state index contributed by atoms with van der Waals surface area (Å²) in [4.78, 5) is 11.8. The van der Waals surface area contributed by atoms with Crippen molar-refractivity contribution in [3.05, 3.63) is 46.1 Å². The zero-order chi connectivity index (χ0) is 14.7. The number of rotatable bonds is 5. The molecule has 0 unspecified atom stereocenters. The predicted molar refractivity (Wildman–Crippen MR) is 78.3 cm³/mol. The molecule has 1 aliphatic rings. The molecule has 2 aromatic heterocycles. The van der Waals surface area contributed by atoms with Crippen LogP contribution in [0.5, 0.6) is 0 Å². The molecule has 0 amide bonds. The maximum Gasteiger partial charge on any atom is 0.250 e. The van der Waals surface area contributed by atoms with E-state index >= 15 is 0 Å². The molecule has 6 nitrogen and oxygen atoms in total. The Morgan fingerprint density at radius 1 is 1.38 bits per heavy atom. The van der Waals surface area contributed by atoms with Crippen LogP contribution in [0.1, 0.15) is 30.1 Å². The second kappa shape index (κ2) is 6.22. The highest BCUT2D eigenvalue weighted by molar-refractivity contribution is 5.05. The van der Waals surface area contributed by atoms with Crippen molar-refractivity contribution in [1.29, 1.82) is 0 Å². The molecule has 112 valence electrons. The maximum atomic E-state index is 11.8. The van der Waals surface area contributed by atoms with Crippen LogP contribution < -0.4 is 5.56 Å². The van der Waals surface area contributed by atoms with Crippen LogP contribution in [-0.4, -0.2) is 32.8 Å². The van der Waals surface area contributed by atoms with E-state index in [-0.39, 0.29) is 5.56 Å². The smallest absolute Gasteiger partial charge is 0.250 e. The number of hydrogen-bond donors (Lipinski definition) is 0. The van der Waals surface area contributed by atoms with Crippen molar-refractivity contribution in [2.24, 2.45) is 0 Å². The van der Waals surface area contributed by atoms with Gasteiger partial charge in [-0.25, -0.2) is 0 Å². The van der Waals surface area contributed by atoms with E-state index in [1.54, 1.807) is 16.7 Å². The molecule has 1 fully saturated rings. The Balaban J connectivity index is 1.57. The van der Waals surface area contributed by atoms with Gasteiger partial charge in [-0.2, -0.15) is 0 Å². The molecule has 6 heteroatoms. The van der Waals surface area contributed by atoms with Crippen molar-refractivity contribution in [3.8, 4) is 0 Å². The largest absolute Gasteiger partial charge is 0.381 e. The van der Waals surface area contributed by atoms with E-state index < -0.39 is 0 Å². The van der Waals surface area contributed by atoms with Crippen molar-refractivity contribution < 1.29 is 4.74 Å². The van der Waals surface area contributed by atoms with Crippen LogP contribution in [0.2, 0.25) is 0 Å². The summed E-state index contributed by atoms with van der Waals surface area (Å²) in [5.74, 6) is 0.387. The standard InChI is InChI=1S/C15H20N4O2/c1-12-4-2-5-15(20)19(12)8-3-7-18-10-14(16-17-18)13-6-9-21-11-13/h2,4-5,10,13H,3,6-9,11H2,1H3/t13-/m1/s1. The molecule has 3 rings (SSSR count). The van der Waals surface area contributed by atoms with E-state index in [0.29, 0.717) is 12.5 Å². The van der Waals surface area contributed by atoms with Crippen LogP contribution in [0.25, 0.3) is 0 Å². The van der Waals surface area contributed by atoms with Gasteiger partial charge in [-0.05, 0) is 25.8 Å². The Kier molecular flexibility index (Phi) is 4.15. The van der Waals surface area contributed by atoms with Gasteiger partial charge in [0.2, 0.25) is 0 Å². The topological polar surface area (TPSA) is 61.9 Å². The molecule has 1 saturated heterocycles. The van der Waals surface area contributed by atoms with Crippen LogP contribution in [0.3, 0.4) is 0 Å². The molecule has 1 atom stereocenters. The molecule has 0 N–H and O–H groups in total. The van der Waals surface area contributed by atoms with Gasteiger partial charge in [-0.3, -0.25) is 9.48 Å². The molecule has 0 spiro atoms. The second-order valence-electron chi connectivity index (χ2n) is 5.48. The average Bonchev–Trinajstić information content (AvgIpc) is 3.12. The summed E-state index contributed by atoms with van der Waals surface area (Å²) in [5.41, 5.74) is 2.06. The minimum Gasteiger partial charge on any atom is -0.381 e. The summed E-state index contributed by atoms with van der Waals surface area (Å²) in [5, 5.41) is 8.38. The Morgan fingerprint density at radius 3 is 3.05 bits per heavy atom. The highest BCUT2D eigenvalue weighted by Gasteiger charge is 2.20. The van der Waals surface area contributed by atoms with Crippen molar-refractivity contribution in [1.82, 2.24) is 19.6 Å². The van der Waals surface area contributed by atoms with Gasteiger partial charge in [-0.1, -0.05) is 11.3 Å². The molecule has 21 heavy (non-hydrogen) atoms. The molecule has 1 aliphatic heterocycles. The summed E-state index contributed by atoms with van der Waals surface area (Å²) >= 11 is 0. The zero-order valence-electron chi connectivity index (χ0n) is 12.2. The molecule has 0 saturated carbocycles. The summed E-state index contributed by atoms with van der Waals surface area (Å²) in [7, 11) is 0. The van der Waals surface area contributed by atoms with Gasteiger partial charge >= 0.3 is 0 Å². The van der Waals surface area contributed by atoms with Gasteiger partial charge in [0.1, 0.15) is 0 Å². The third-order valence-electron chi connectivity index (χ3n) is 3.94. The van der Waals surface area contributed by atoms with Gasteiger partial charge in [0, 0.05) is 43.6 Å². The number of aryl methyl sites for hydroxylation is 2. The normalized spacial score (nSPS) is 18.2. The molecular weight excluding hydrogens is 268 g/mol. The first-order chi connectivity index (χ1) is 10.2. The Bertz CT molecular complexity index is 656. The van der Waals surface area contributed by atoms with E-state index in [1.165, 1.54) is 0 Å². The van der Waals surface area contributed by atoms with Crippen LogP contribution >= 0.6 is 0 Å². The Morgan fingerprint density at radius 2 is 2.29 bits per heavy atom. The van der Waals surface area contributed by atoms with Gasteiger partial charge in [-0.15, -0.1) is 5.10 Å². The van der Waals surface area contributed by atoms with Crippen molar-refractivity contribution in [2.75, 3.05) is 13.2 Å². The van der Waals surface area contributed by atoms with Crippen LogP contribution in [0, 0.1) is 6.92 Å². The van der Waals surface area contributed by atoms with E-state index in [4.69, 9.17) is 4.74 Å². The first kappa shape index (κ1) is 14.0. The van der Waals surface area contributed by atoms with Gasteiger partial charge in [0.05, 0.1) is 12.3 Å². The van der Waals surface area contributed by atoms with Crippen molar-refractivity contribution in [3.63, 3.8) is 0 Å². The fraction of sp³-hybridized carbons (Fsp3) is 0.533. The van der Waals surface area contributed by atoms with Gasteiger partial charge < -0.3 is 9.30 Å². The summed E-state index contributed by atoms with van der Waals surface area (Å²) in [6, 6.07) is 5.34.